The second-order valence-electron chi connectivity index (χ2n) is 5.07. The third kappa shape index (κ3) is 3.76. The summed E-state index contributed by atoms with van der Waals surface area (Å²) in [5, 5.41) is 9.78. The number of carbonyl (C=O) groups is 1. The minimum Gasteiger partial charge on any atom is -0.390 e. The van der Waals surface area contributed by atoms with E-state index in [4.69, 9.17) is 5.73 Å². The van der Waals surface area contributed by atoms with E-state index in [1.54, 1.807) is 4.90 Å². The van der Waals surface area contributed by atoms with Crippen molar-refractivity contribution in [3.05, 3.63) is 0 Å². The molecule has 0 bridgehead atoms. The number of nitrogens with two attached hydrogens (primary N) is 1. The molecule has 16 heavy (non-hydrogen) atoms. The Hall–Kier alpha value is -0.610. The fourth-order valence-electron chi connectivity index (χ4n) is 1.99. The molecule has 0 aliphatic carbocycles. The largest absolute Gasteiger partial charge is 0.390 e. The Balaban J connectivity index is 2.38. The van der Waals surface area contributed by atoms with Crippen LogP contribution in [0.2, 0.25) is 0 Å². The normalized spacial score (nSPS) is 21.9. The molecular formula is C12H24N2O2. The minimum absolute atomic E-state index is 0.0453. The summed E-state index contributed by atoms with van der Waals surface area (Å²) in [5.41, 5.74) is 5.24. The average molecular weight is 228 g/mol. The zero-order valence-corrected chi connectivity index (χ0v) is 10.4. The van der Waals surface area contributed by atoms with Gasteiger partial charge in [-0.2, -0.15) is 0 Å². The lowest BCUT2D eigenvalue weighted by Crippen LogP contribution is -2.50. The zero-order chi connectivity index (χ0) is 12.2. The molecule has 4 heteroatoms. The van der Waals surface area contributed by atoms with Crippen molar-refractivity contribution in [1.82, 2.24) is 4.90 Å². The maximum absolute atomic E-state index is 11.9. The van der Waals surface area contributed by atoms with E-state index in [0.717, 1.165) is 19.3 Å². The highest BCUT2D eigenvalue weighted by Crippen LogP contribution is 2.21. The van der Waals surface area contributed by atoms with Crippen molar-refractivity contribution in [2.75, 3.05) is 13.1 Å². The van der Waals surface area contributed by atoms with Crippen LogP contribution in [0.5, 0.6) is 0 Å². The Kier molecular flexibility index (Phi) is 4.74. The Morgan fingerprint density at radius 2 is 2.06 bits per heavy atom. The van der Waals surface area contributed by atoms with Gasteiger partial charge in [-0.15, -0.1) is 0 Å². The summed E-state index contributed by atoms with van der Waals surface area (Å²) in [5.74, 6) is 0.0453. The zero-order valence-electron chi connectivity index (χ0n) is 10.4. The first-order valence-corrected chi connectivity index (χ1v) is 6.23. The van der Waals surface area contributed by atoms with Crippen LogP contribution < -0.4 is 5.73 Å². The van der Waals surface area contributed by atoms with Crippen LogP contribution in [0.15, 0.2) is 0 Å². The molecule has 1 aliphatic heterocycles. The summed E-state index contributed by atoms with van der Waals surface area (Å²) in [7, 11) is 0. The molecule has 1 heterocycles. The summed E-state index contributed by atoms with van der Waals surface area (Å²) < 4.78 is 0. The van der Waals surface area contributed by atoms with Gasteiger partial charge in [0, 0.05) is 13.1 Å². The van der Waals surface area contributed by atoms with Crippen LogP contribution in [-0.2, 0) is 4.79 Å². The van der Waals surface area contributed by atoms with E-state index in [9.17, 15) is 9.90 Å². The van der Waals surface area contributed by atoms with Gasteiger partial charge in [-0.25, -0.2) is 0 Å². The van der Waals surface area contributed by atoms with Crippen LogP contribution >= 0.6 is 0 Å². The van der Waals surface area contributed by atoms with Gasteiger partial charge in [0.05, 0.1) is 11.6 Å². The lowest BCUT2D eigenvalue weighted by Gasteiger charge is -2.36. The molecule has 1 atom stereocenters. The van der Waals surface area contributed by atoms with Gasteiger partial charge in [-0.05, 0) is 26.2 Å². The van der Waals surface area contributed by atoms with Gasteiger partial charge in [0.1, 0.15) is 0 Å². The number of hydrogen-bond donors (Lipinski definition) is 2. The Morgan fingerprint density at radius 3 is 2.56 bits per heavy atom. The maximum Gasteiger partial charge on any atom is 0.239 e. The van der Waals surface area contributed by atoms with Gasteiger partial charge < -0.3 is 15.7 Å². The van der Waals surface area contributed by atoms with Gasteiger partial charge in [0.2, 0.25) is 5.91 Å². The number of unbranched alkanes of at least 4 members (excludes halogenated alkanes) is 1. The molecule has 3 N–H and O–H groups in total. The number of rotatable bonds is 4. The molecule has 0 saturated carbocycles. The molecule has 0 aromatic heterocycles. The van der Waals surface area contributed by atoms with Crippen molar-refractivity contribution in [3.8, 4) is 0 Å². The molecule has 0 aromatic rings. The second-order valence-corrected chi connectivity index (χ2v) is 5.07. The van der Waals surface area contributed by atoms with Gasteiger partial charge >= 0.3 is 0 Å². The lowest BCUT2D eigenvalue weighted by molar-refractivity contribution is -0.136. The van der Waals surface area contributed by atoms with Crippen molar-refractivity contribution in [2.45, 2.75) is 57.6 Å². The number of piperidine rings is 1. The summed E-state index contributed by atoms with van der Waals surface area (Å²) in [6.45, 7) is 5.18. The topological polar surface area (TPSA) is 66.6 Å². The molecule has 1 fully saturated rings. The average Bonchev–Trinajstić information content (AvgIpc) is 2.25. The van der Waals surface area contributed by atoms with Gasteiger partial charge in [-0.3, -0.25) is 4.79 Å². The Morgan fingerprint density at radius 1 is 1.50 bits per heavy atom. The van der Waals surface area contributed by atoms with Gasteiger partial charge in [0.15, 0.2) is 0 Å². The molecule has 1 amide bonds. The first kappa shape index (κ1) is 13.5. The molecule has 0 radical (unpaired) electrons. The quantitative estimate of drug-likeness (QED) is 0.750. The van der Waals surface area contributed by atoms with E-state index in [0.29, 0.717) is 25.9 Å². The van der Waals surface area contributed by atoms with Crippen LogP contribution in [0.25, 0.3) is 0 Å². The molecule has 0 unspecified atom stereocenters. The van der Waals surface area contributed by atoms with Crippen LogP contribution in [0.4, 0.5) is 0 Å². The fraction of sp³-hybridized carbons (Fsp3) is 0.917. The second kappa shape index (κ2) is 5.64. The molecular weight excluding hydrogens is 204 g/mol. The molecule has 1 saturated heterocycles. The van der Waals surface area contributed by atoms with E-state index in [-0.39, 0.29) is 11.9 Å². The first-order chi connectivity index (χ1) is 7.46. The smallest absolute Gasteiger partial charge is 0.239 e. The molecule has 4 nitrogen and oxygen atoms in total. The molecule has 0 aromatic carbocycles. The number of carbonyl (C=O) groups excluding carboxylic acids is 1. The summed E-state index contributed by atoms with van der Waals surface area (Å²) in [4.78, 5) is 13.7. The number of likely N-dealkylation sites (tertiary alicyclic amines) is 1. The van der Waals surface area contributed by atoms with E-state index in [1.807, 2.05) is 6.92 Å². The summed E-state index contributed by atoms with van der Waals surface area (Å²) in [6, 6.07) is -0.358. The van der Waals surface area contributed by atoms with Crippen molar-refractivity contribution in [2.24, 2.45) is 5.73 Å². The Bertz CT molecular complexity index is 231. The number of hydrogen-bond acceptors (Lipinski definition) is 3. The number of amides is 1. The number of aliphatic hydroxyl groups is 1. The van der Waals surface area contributed by atoms with E-state index < -0.39 is 5.60 Å². The highest BCUT2D eigenvalue weighted by Gasteiger charge is 2.31. The van der Waals surface area contributed by atoms with Crippen LogP contribution in [-0.4, -0.2) is 40.6 Å². The minimum atomic E-state index is -0.607. The third-order valence-corrected chi connectivity index (χ3v) is 3.34. The summed E-state index contributed by atoms with van der Waals surface area (Å²) >= 11 is 0. The van der Waals surface area contributed by atoms with Crippen LogP contribution in [0.3, 0.4) is 0 Å². The van der Waals surface area contributed by atoms with Crippen LogP contribution in [0, 0.1) is 0 Å². The van der Waals surface area contributed by atoms with Gasteiger partial charge in [0.25, 0.3) is 0 Å². The highest BCUT2D eigenvalue weighted by molar-refractivity contribution is 5.81. The molecule has 0 spiro atoms. The predicted octanol–water partition coefficient (Wildman–Crippen LogP) is 0.877. The van der Waals surface area contributed by atoms with Gasteiger partial charge in [-0.1, -0.05) is 19.8 Å². The van der Waals surface area contributed by atoms with E-state index >= 15 is 0 Å². The Labute approximate surface area is 97.8 Å². The van der Waals surface area contributed by atoms with Crippen molar-refractivity contribution in [1.29, 1.82) is 0 Å². The highest BCUT2D eigenvalue weighted by atomic mass is 16.3. The molecule has 1 rings (SSSR count). The molecule has 1 aliphatic rings. The molecule has 94 valence electrons. The van der Waals surface area contributed by atoms with Crippen LogP contribution in [0.1, 0.15) is 46.0 Å². The monoisotopic (exact) mass is 228 g/mol. The van der Waals surface area contributed by atoms with Crippen molar-refractivity contribution >= 4 is 5.91 Å². The predicted molar refractivity (Wildman–Crippen MR) is 63.9 cm³/mol. The number of nitrogens with zero attached hydrogens (tertiary/aromatic N) is 1. The fourth-order valence-corrected chi connectivity index (χ4v) is 1.99. The van der Waals surface area contributed by atoms with Crippen molar-refractivity contribution in [3.63, 3.8) is 0 Å². The van der Waals surface area contributed by atoms with E-state index in [1.165, 1.54) is 0 Å². The maximum atomic E-state index is 11.9. The van der Waals surface area contributed by atoms with E-state index in [2.05, 4.69) is 6.92 Å². The SMILES string of the molecule is CCCC[C@H](N)C(=O)N1CCC(C)(O)CC1. The summed E-state index contributed by atoms with van der Waals surface area (Å²) in [6.07, 6.45) is 4.13. The lowest BCUT2D eigenvalue weighted by atomic mass is 9.93. The first-order valence-electron chi connectivity index (χ1n) is 6.23. The van der Waals surface area contributed by atoms with Crippen molar-refractivity contribution < 1.29 is 9.90 Å². The third-order valence-electron chi connectivity index (χ3n) is 3.34. The standard InChI is InChI=1S/C12H24N2O2/c1-3-4-5-10(13)11(15)14-8-6-12(2,16)7-9-14/h10,16H,3-9,13H2,1-2H3/t10-/m0/s1.